The molecule has 1 aliphatic rings. The Kier molecular flexibility index (Phi) is 7.79. The van der Waals surface area contributed by atoms with E-state index in [0.29, 0.717) is 48.7 Å². The largest absolute Gasteiger partial charge is 0.497 e. The Morgan fingerprint density at radius 1 is 0.944 bits per heavy atom. The van der Waals surface area contributed by atoms with E-state index in [-0.39, 0.29) is 24.3 Å². The molecule has 1 fully saturated rings. The lowest BCUT2D eigenvalue weighted by atomic mass is 10.1. The lowest BCUT2D eigenvalue weighted by Crippen LogP contribution is -2.51. The first-order valence-electron chi connectivity index (χ1n) is 11.7. The Bertz CT molecular complexity index is 1210. The molecule has 1 aromatic heterocycles. The summed E-state index contributed by atoms with van der Waals surface area (Å²) in [5.74, 6) is 0.134. The topological polar surface area (TPSA) is 95.1 Å². The number of para-hydroxylation sites is 1. The van der Waals surface area contributed by atoms with Gasteiger partial charge in [-0.2, -0.15) is 0 Å². The lowest BCUT2D eigenvalue weighted by molar-refractivity contribution is -0.131. The highest BCUT2D eigenvalue weighted by molar-refractivity contribution is 6.08. The quantitative estimate of drug-likeness (QED) is 0.551. The number of nitrogens with zero attached hydrogens (tertiary/aromatic N) is 4. The van der Waals surface area contributed by atoms with Gasteiger partial charge in [0.05, 0.1) is 19.2 Å². The predicted molar refractivity (Wildman–Crippen MR) is 137 cm³/mol. The summed E-state index contributed by atoms with van der Waals surface area (Å²) in [6.45, 7) is 2.17. The van der Waals surface area contributed by atoms with Crippen LogP contribution in [0.15, 0.2) is 73.1 Å². The normalized spacial score (nSPS) is 13.2. The second kappa shape index (κ2) is 11.4. The molecule has 0 radical (unpaired) electrons. The molecule has 1 aliphatic heterocycles. The number of aromatic nitrogens is 1. The highest BCUT2D eigenvalue weighted by Crippen LogP contribution is 2.23. The summed E-state index contributed by atoms with van der Waals surface area (Å²) in [6, 6.07) is 17.7. The Labute approximate surface area is 210 Å². The Hall–Kier alpha value is -4.40. The molecule has 0 spiro atoms. The van der Waals surface area contributed by atoms with Crippen LogP contribution in [0.1, 0.15) is 20.7 Å². The predicted octanol–water partition coefficient (Wildman–Crippen LogP) is 2.76. The van der Waals surface area contributed by atoms with Gasteiger partial charge in [0, 0.05) is 62.6 Å². The van der Waals surface area contributed by atoms with Crippen LogP contribution in [0, 0.1) is 0 Å². The van der Waals surface area contributed by atoms with Gasteiger partial charge in [0.1, 0.15) is 5.75 Å². The van der Waals surface area contributed by atoms with Crippen molar-refractivity contribution in [3.05, 3.63) is 84.2 Å². The third-order valence-electron chi connectivity index (χ3n) is 6.12. The second-order valence-corrected chi connectivity index (χ2v) is 8.46. The van der Waals surface area contributed by atoms with Gasteiger partial charge in [-0.3, -0.25) is 19.4 Å². The minimum atomic E-state index is -0.223. The number of benzene rings is 2. The van der Waals surface area contributed by atoms with Gasteiger partial charge in [-0.15, -0.1) is 0 Å². The van der Waals surface area contributed by atoms with E-state index in [1.165, 1.54) is 4.90 Å². The minimum Gasteiger partial charge on any atom is -0.497 e. The average molecular weight is 488 g/mol. The van der Waals surface area contributed by atoms with Crippen molar-refractivity contribution in [2.45, 2.75) is 0 Å². The van der Waals surface area contributed by atoms with Crippen LogP contribution in [0.2, 0.25) is 0 Å². The summed E-state index contributed by atoms with van der Waals surface area (Å²) in [5, 5.41) is 2.90. The van der Waals surface area contributed by atoms with E-state index in [1.807, 2.05) is 18.2 Å². The molecule has 9 nitrogen and oxygen atoms in total. The zero-order chi connectivity index (χ0) is 25.5. The molecule has 4 rings (SSSR count). The number of anilines is 2. The van der Waals surface area contributed by atoms with E-state index in [9.17, 15) is 14.4 Å². The fourth-order valence-corrected chi connectivity index (χ4v) is 4.10. The van der Waals surface area contributed by atoms with Gasteiger partial charge in [0.25, 0.3) is 11.8 Å². The first-order valence-corrected chi connectivity index (χ1v) is 11.7. The monoisotopic (exact) mass is 487 g/mol. The van der Waals surface area contributed by atoms with E-state index in [1.54, 1.807) is 73.9 Å². The van der Waals surface area contributed by atoms with Gasteiger partial charge in [0.2, 0.25) is 5.91 Å². The van der Waals surface area contributed by atoms with E-state index in [2.05, 4.69) is 15.2 Å². The fraction of sp³-hybridized carbons (Fsp3) is 0.259. The van der Waals surface area contributed by atoms with Gasteiger partial charge in [-0.25, -0.2) is 0 Å². The van der Waals surface area contributed by atoms with E-state index < -0.39 is 0 Å². The molecule has 0 atom stereocenters. The highest BCUT2D eigenvalue weighted by Gasteiger charge is 2.25. The van der Waals surface area contributed by atoms with Crippen LogP contribution in [0.25, 0.3) is 0 Å². The molecule has 0 bridgehead atoms. The number of methoxy groups -OCH3 is 1. The molecular formula is C27H29N5O4. The maximum Gasteiger partial charge on any atom is 0.257 e. The number of amides is 3. The number of pyridine rings is 1. The second-order valence-electron chi connectivity index (χ2n) is 8.46. The first-order chi connectivity index (χ1) is 17.5. The smallest absolute Gasteiger partial charge is 0.257 e. The number of piperazine rings is 1. The fourth-order valence-electron chi connectivity index (χ4n) is 4.10. The van der Waals surface area contributed by atoms with Crippen LogP contribution in [-0.4, -0.2) is 79.4 Å². The molecule has 0 aliphatic carbocycles. The summed E-state index contributed by atoms with van der Waals surface area (Å²) in [4.78, 5) is 47.8. The molecule has 1 saturated heterocycles. The molecule has 0 saturated carbocycles. The van der Waals surface area contributed by atoms with Crippen LogP contribution in [-0.2, 0) is 4.79 Å². The summed E-state index contributed by atoms with van der Waals surface area (Å²) in [7, 11) is 3.19. The summed E-state index contributed by atoms with van der Waals surface area (Å²) >= 11 is 0. The number of likely N-dealkylation sites (N-methyl/N-ethyl adjacent to an activating group) is 1. The van der Waals surface area contributed by atoms with Crippen molar-refractivity contribution in [2.24, 2.45) is 0 Å². The number of hydrogen-bond donors (Lipinski definition) is 1. The standard InChI is InChI=1S/C27H29N5O4/c1-30(27(35)20-7-9-22(36-2)10-8-20)19-25(33)32-17-15-31(16-18-32)24-6-4-3-5-23(24)26(34)29-21-11-13-28-14-12-21/h3-14H,15-19H2,1-2H3,(H,28,29,34). The molecule has 2 aromatic carbocycles. The molecular weight excluding hydrogens is 458 g/mol. The molecule has 9 heteroatoms. The minimum absolute atomic E-state index is 0.00418. The van der Waals surface area contributed by atoms with Crippen LogP contribution < -0.4 is 15.0 Å². The Balaban J connectivity index is 1.34. The third-order valence-corrected chi connectivity index (χ3v) is 6.12. The SMILES string of the molecule is COc1ccc(C(=O)N(C)CC(=O)N2CCN(c3ccccc3C(=O)Nc3ccncc3)CC2)cc1. The van der Waals surface area contributed by atoms with Crippen molar-refractivity contribution >= 4 is 29.1 Å². The summed E-state index contributed by atoms with van der Waals surface area (Å²) in [6.07, 6.45) is 3.25. The number of rotatable bonds is 7. The van der Waals surface area contributed by atoms with E-state index >= 15 is 0 Å². The van der Waals surface area contributed by atoms with Crippen LogP contribution in [0.5, 0.6) is 5.75 Å². The molecule has 36 heavy (non-hydrogen) atoms. The van der Waals surface area contributed by atoms with E-state index in [4.69, 9.17) is 4.74 Å². The molecule has 186 valence electrons. The van der Waals surface area contributed by atoms with Crippen LogP contribution in [0.3, 0.4) is 0 Å². The first kappa shape index (κ1) is 24.7. The summed E-state index contributed by atoms with van der Waals surface area (Å²) in [5.41, 5.74) is 2.56. The van der Waals surface area contributed by atoms with Gasteiger partial charge in [0.15, 0.2) is 0 Å². The van der Waals surface area contributed by atoms with Gasteiger partial charge < -0.3 is 24.8 Å². The molecule has 2 heterocycles. The van der Waals surface area contributed by atoms with Crippen molar-refractivity contribution < 1.29 is 19.1 Å². The van der Waals surface area contributed by atoms with Crippen molar-refractivity contribution in [1.29, 1.82) is 0 Å². The zero-order valence-corrected chi connectivity index (χ0v) is 20.4. The molecule has 3 amide bonds. The molecule has 0 unspecified atom stereocenters. The van der Waals surface area contributed by atoms with Crippen LogP contribution in [0.4, 0.5) is 11.4 Å². The Morgan fingerprint density at radius 3 is 2.28 bits per heavy atom. The van der Waals surface area contributed by atoms with E-state index in [0.717, 1.165) is 5.69 Å². The van der Waals surface area contributed by atoms with Crippen molar-refractivity contribution in [3.8, 4) is 5.75 Å². The Morgan fingerprint density at radius 2 is 1.61 bits per heavy atom. The number of carbonyl (C=O) groups excluding carboxylic acids is 3. The summed E-state index contributed by atoms with van der Waals surface area (Å²) < 4.78 is 5.13. The third kappa shape index (κ3) is 5.80. The number of nitrogens with one attached hydrogen (secondary N) is 1. The molecule has 1 N–H and O–H groups in total. The van der Waals surface area contributed by atoms with Crippen molar-refractivity contribution in [3.63, 3.8) is 0 Å². The van der Waals surface area contributed by atoms with Gasteiger partial charge >= 0.3 is 0 Å². The van der Waals surface area contributed by atoms with Crippen molar-refractivity contribution in [2.75, 3.05) is 57.1 Å². The van der Waals surface area contributed by atoms with Gasteiger partial charge in [-0.05, 0) is 48.5 Å². The number of ether oxygens (including phenoxy) is 1. The van der Waals surface area contributed by atoms with Gasteiger partial charge in [-0.1, -0.05) is 12.1 Å². The zero-order valence-electron chi connectivity index (χ0n) is 20.4. The molecule has 3 aromatic rings. The lowest BCUT2D eigenvalue weighted by Gasteiger charge is -2.37. The van der Waals surface area contributed by atoms with Crippen molar-refractivity contribution in [1.82, 2.24) is 14.8 Å². The maximum absolute atomic E-state index is 12.9. The van der Waals surface area contributed by atoms with Crippen LogP contribution >= 0.6 is 0 Å². The highest BCUT2D eigenvalue weighted by atomic mass is 16.5. The number of hydrogen-bond acceptors (Lipinski definition) is 6. The number of carbonyl (C=O) groups is 3. The average Bonchev–Trinajstić information content (AvgIpc) is 2.93. The maximum atomic E-state index is 12.9.